The van der Waals surface area contributed by atoms with Crippen LogP contribution in [0.2, 0.25) is 0 Å². The average molecular weight is 260 g/mol. The fourth-order valence-corrected chi connectivity index (χ4v) is 3.22. The molecule has 0 amide bonds. The number of hydrogen-bond acceptors (Lipinski definition) is 3. The van der Waals surface area contributed by atoms with Crippen molar-refractivity contribution in [2.45, 2.75) is 23.5 Å². The first-order valence-electron chi connectivity index (χ1n) is 5.34. The van der Waals surface area contributed by atoms with Crippen molar-refractivity contribution in [3.05, 3.63) is 30.1 Å². The van der Waals surface area contributed by atoms with Gasteiger partial charge in [0.05, 0.1) is 0 Å². The number of halogens is 1. The van der Waals surface area contributed by atoms with E-state index in [1.807, 2.05) is 23.9 Å². The highest BCUT2D eigenvalue weighted by Crippen LogP contribution is 2.23. The third kappa shape index (κ3) is 5.23. The van der Waals surface area contributed by atoms with Crippen LogP contribution in [0.5, 0.6) is 0 Å². The van der Waals surface area contributed by atoms with E-state index in [-0.39, 0.29) is 12.4 Å². The molecule has 90 valence electrons. The van der Waals surface area contributed by atoms with E-state index in [1.54, 1.807) is 17.8 Å². The molecule has 0 radical (unpaired) electrons. The Balaban J connectivity index is 2.19. The highest BCUT2D eigenvalue weighted by atomic mass is 32.2. The summed E-state index contributed by atoms with van der Waals surface area (Å²) in [4.78, 5) is 0.720. The van der Waals surface area contributed by atoms with E-state index in [0.29, 0.717) is 5.25 Å². The number of aliphatic hydroxyl groups excluding tert-OH is 1. The van der Waals surface area contributed by atoms with Gasteiger partial charge in [-0.3, -0.25) is 0 Å². The van der Waals surface area contributed by atoms with Gasteiger partial charge in [0.1, 0.15) is 5.82 Å². The molecule has 0 bridgehead atoms. The Morgan fingerprint density at radius 2 is 2.06 bits per heavy atom. The average Bonchev–Trinajstić information content (AvgIpc) is 2.27. The fourth-order valence-electron chi connectivity index (χ4n) is 1.23. The molecule has 0 fully saturated rings. The minimum atomic E-state index is -0.138. The molecule has 0 spiro atoms. The maximum absolute atomic E-state index is 13.2. The summed E-state index contributed by atoms with van der Waals surface area (Å²) < 4.78 is 13.2. The lowest BCUT2D eigenvalue weighted by Gasteiger charge is -2.08. The summed E-state index contributed by atoms with van der Waals surface area (Å²) >= 11 is 3.37. The predicted octanol–water partition coefficient (Wildman–Crippen LogP) is 3.42. The Kier molecular flexibility index (Phi) is 6.92. The standard InChI is InChI=1S/C12H17FOS2/c1-10(6-7-14)15-8-9-16-12-5-3-2-4-11(12)13/h2-5,10,14H,6-9H2,1H3. The molecular formula is C12H17FOS2. The molecule has 16 heavy (non-hydrogen) atoms. The molecule has 0 aliphatic rings. The lowest BCUT2D eigenvalue weighted by molar-refractivity contribution is 0.289. The van der Waals surface area contributed by atoms with Crippen LogP contribution in [0, 0.1) is 5.82 Å². The van der Waals surface area contributed by atoms with Crippen molar-refractivity contribution in [2.75, 3.05) is 18.1 Å². The highest BCUT2D eigenvalue weighted by Gasteiger charge is 2.03. The van der Waals surface area contributed by atoms with Crippen LogP contribution in [-0.2, 0) is 0 Å². The lowest BCUT2D eigenvalue weighted by atomic mass is 10.3. The fraction of sp³-hybridized carbons (Fsp3) is 0.500. The Morgan fingerprint density at radius 1 is 1.31 bits per heavy atom. The van der Waals surface area contributed by atoms with Gasteiger partial charge in [0.25, 0.3) is 0 Å². The van der Waals surface area contributed by atoms with E-state index in [9.17, 15) is 4.39 Å². The summed E-state index contributed by atoms with van der Waals surface area (Å²) in [6, 6.07) is 6.86. The van der Waals surface area contributed by atoms with Crippen LogP contribution in [-0.4, -0.2) is 28.5 Å². The molecule has 0 aliphatic carbocycles. The summed E-state index contributed by atoms with van der Waals surface area (Å²) in [5.74, 6) is 1.75. The second-order valence-corrected chi connectivity index (χ2v) is 6.16. The summed E-state index contributed by atoms with van der Waals surface area (Å²) in [5.41, 5.74) is 0. The van der Waals surface area contributed by atoms with Gasteiger partial charge in [-0.2, -0.15) is 11.8 Å². The smallest absolute Gasteiger partial charge is 0.136 e. The molecule has 1 unspecified atom stereocenters. The first-order valence-corrected chi connectivity index (χ1v) is 7.37. The number of thioether (sulfide) groups is 2. The van der Waals surface area contributed by atoms with E-state index < -0.39 is 0 Å². The van der Waals surface area contributed by atoms with Gasteiger partial charge in [0, 0.05) is 28.3 Å². The molecule has 1 aromatic carbocycles. The van der Waals surface area contributed by atoms with Gasteiger partial charge in [-0.25, -0.2) is 4.39 Å². The highest BCUT2D eigenvalue weighted by molar-refractivity contribution is 8.03. The van der Waals surface area contributed by atoms with E-state index in [2.05, 4.69) is 6.92 Å². The SMILES string of the molecule is CC(CCO)SCCSc1ccccc1F. The van der Waals surface area contributed by atoms with Crippen LogP contribution in [0.15, 0.2) is 29.2 Å². The van der Waals surface area contributed by atoms with Crippen molar-refractivity contribution in [2.24, 2.45) is 0 Å². The minimum Gasteiger partial charge on any atom is -0.396 e. The molecule has 0 heterocycles. The third-order valence-electron chi connectivity index (χ3n) is 2.12. The zero-order valence-electron chi connectivity index (χ0n) is 9.36. The second-order valence-electron chi connectivity index (χ2n) is 3.47. The maximum Gasteiger partial charge on any atom is 0.136 e. The number of hydrogen-bond donors (Lipinski definition) is 1. The largest absolute Gasteiger partial charge is 0.396 e. The molecule has 4 heteroatoms. The minimum absolute atomic E-state index is 0.138. The van der Waals surface area contributed by atoms with Gasteiger partial charge >= 0.3 is 0 Å². The molecule has 0 aromatic heterocycles. The molecule has 1 rings (SSSR count). The molecular weight excluding hydrogens is 243 g/mol. The number of rotatable bonds is 7. The molecule has 1 atom stereocenters. The van der Waals surface area contributed by atoms with Crippen LogP contribution in [0.3, 0.4) is 0 Å². The summed E-state index contributed by atoms with van der Waals surface area (Å²) in [6.07, 6.45) is 0.828. The van der Waals surface area contributed by atoms with Gasteiger partial charge < -0.3 is 5.11 Å². The molecule has 0 saturated carbocycles. The van der Waals surface area contributed by atoms with Crippen LogP contribution in [0.25, 0.3) is 0 Å². The van der Waals surface area contributed by atoms with Crippen molar-refractivity contribution in [1.29, 1.82) is 0 Å². The zero-order valence-corrected chi connectivity index (χ0v) is 11.0. The van der Waals surface area contributed by atoms with Gasteiger partial charge in [0.15, 0.2) is 0 Å². The van der Waals surface area contributed by atoms with Crippen LogP contribution in [0.1, 0.15) is 13.3 Å². The maximum atomic E-state index is 13.2. The Bertz CT molecular complexity index is 307. The third-order valence-corrected chi connectivity index (χ3v) is 4.67. The van der Waals surface area contributed by atoms with Crippen LogP contribution < -0.4 is 0 Å². The van der Waals surface area contributed by atoms with Crippen LogP contribution >= 0.6 is 23.5 Å². The molecule has 1 N–H and O–H groups in total. The van der Waals surface area contributed by atoms with Crippen molar-refractivity contribution in [3.8, 4) is 0 Å². The lowest BCUT2D eigenvalue weighted by Crippen LogP contribution is -2.01. The quantitative estimate of drug-likeness (QED) is 0.599. The topological polar surface area (TPSA) is 20.2 Å². The Morgan fingerprint density at radius 3 is 2.75 bits per heavy atom. The van der Waals surface area contributed by atoms with Gasteiger partial charge in [-0.15, -0.1) is 11.8 Å². The van der Waals surface area contributed by atoms with Crippen molar-refractivity contribution in [1.82, 2.24) is 0 Å². The van der Waals surface area contributed by atoms with E-state index in [4.69, 9.17) is 5.11 Å². The van der Waals surface area contributed by atoms with Crippen molar-refractivity contribution >= 4 is 23.5 Å². The molecule has 0 aliphatic heterocycles. The van der Waals surface area contributed by atoms with Gasteiger partial charge in [0.2, 0.25) is 0 Å². The van der Waals surface area contributed by atoms with Crippen molar-refractivity contribution < 1.29 is 9.50 Å². The summed E-state index contributed by atoms with van der Waals surface area (Å²) in [7, 11) is 0. The first kappa shape index (κ1) is 13.9. The first-order chi connectivity index (χ1) is 7.74. The second kappa shape index (κ2) is 7.98. The van der Waals surface area contributed by atoms with Gasteiger partial charge in [-0.1, -0.05) is 19.1 Å². The predicted molar refractivity (Wildman–Crippen MR) is 70.7 cm³/mol. The molecule has 0 saturated heterocycles. The van der Waals surface area contributed by atoms with Crippen molar-refractivity contribution in [3.63, 3.8) is 0 Å². The Labute approximate surface area is 105 Å². The normalized spacial score (nSPS) is 12.7. The molecule has 1 nitrogen and oxygen atoms in total. The van der Waals surface area contributed by atoms with E-state index in [0.717, 1.165) is 22.8 Å². The van der Waals surface area contributed by atoms with E-state index in [1.165, 1.54) is 6.07 Å². The number of aliphatic hydroxyl groups is 1. The number of benzene rings is 1. The zero-order chi connectivity index (χ0) is 11.8. The summed E-state index contributed by atoms with van der Waals surface area (Å²) in [6.45, 7) is 2.35. The van der Waals surface area contributed by atoms with E-state index >= 15 is 0 Å². The summed E-state index contributed by atoms with van der Waals surface area (Å²) in [5, 5.41) is 9.22. The Hall–Kier alpha value is -0.190. The van der Waals surface area contributed by atoms with Crippen LogP contribution in [0.4, 0.5) is 4.39 Å². The monoisotopic (exact) mass is 260 g/mol. The molecule has 1 aromatic rings. The van der Waals surface area contributed by atoms with Gasteiger partial charge in [-0.05, 0) is 18.6 Å².